The van der Waals surface area contributed by atoms with Crippen molar-refractivity contribution in [3.05, 3.63) is 29.8 Å². The van der Waals surface area contributed by atoms with Gasteiger partial charge < -0.3 is 10.1 Å². The summed E-state index contributed by atoms with van der Waals surface area (Å²) in [5, 5.41) is 3.33. The molecule has 0 spiro atoms. The number of halogens is 5. The zero-order valence-electron chi connectivity index (χ0n) is 12.5. The van der Waals surface area contributed by atoms with Crippen LogP contribution in [0.2, 0.25) is 0 Å². The Morgan fingerprint density at radius 1 is 1.04 bits per heavy atom. The summed E-state index contributed by atoms with van der Waals surface area (Å²) in [4.78, 5) is 2.44. The quantitative estimate of drug-likeness (QED) is 0.869. The molecule has 1 heterocycles. The summed E-state index contributed by atoms with van der Waals surface area (Å²) in [6, 6.07) is 6.70. The van der Waals surface area contributed by atoms with Crippen molar-refractivity contribution in [2.75, 3.05) is 26.2 Å². The lowest BCUT2D eigenvalue weighted by molar-refractivity contribution is -0.274. The number of ether oxygens (including phenoxy) is 1. The van der Waals surface area contributed by atoms with Gasteiger partial charge in [0, 0.05) is 32.2 Å². The van der Waals surface area contributed by atoms with Crippen LogP contribution >= 0.6 is 24.8 Å². The van der Waals surface area contributed by atoms with Gasteiger partial charge in [0.2, 0.25) is 0 Å². The largest absolute Gasteiger partial charge is 0.573 e. The highest BCUT2D eigenvalue weighted by Gasteiger charge is 2.37. The van der Waals surface area contributed by atoms with Crippen LogP contribution in [0.3, 0.4) is 0 Å². The maximum Gasteiger partial charge on any atom is 0.573 e. The molecule has 1 N–H and O–H groups in total. The number of nitrogens with one attached hydrogen (secondary N) is 1. The third-order valence-corrected chi connectivity index (χ3v) is 4.07. The standard InChI is InChI=1S/C15H19F3N2O.2ClH/c16-15(17,18)21-13-5-3-12(4-6-13)14(11-1-2-11)20-9-7-19-8-10-20;;/h3-6,11,14,19H,1-2,7-10H2;2*1H/t14-;;/m1../s1. The highest BCUT2D eigenvalue weighted by molar-refractivity contribution is 5.85. The molecule has 0 amide bonds. The van der Waals surface area contributed by atoms with Crippen LogP contribution in [0.25, 0.3) is 0 Å². The molecule has 1 saturated carbocycles. The first-order valence-electron chi connectivity index (χ1n) is 7.33. The number of benzene rings is 1. The molecule has 1 atom stereocenters. The molecule has 2 fully saturated rings. The van der Waals surface area contributed by atoms with Gasteiger partial charge >= 0.3 is 6.36 Å². The number of alkyl halides is 3. The fourth-order valence-corrected chi connectivity index (χ4v) is 3.02. The smallest absolute Gasteiger partial charge is 0.406 e. The van der Waals surface area contributed by atoms with Crippen molar-refractivity contribution in [1.29, 1.82) is 0 Å². The zero-order valence-corrected chi connectivity index (χ0v) is 14.1. The summed E-state index contributed by atoms with van der Waals surface area (Å²) in [5.41, 5.74) is 1.09. The Morgan fingerprint density at radius 3 is 2.09 bits per heavy atom. The first kappa shape index (κ1) is 20.4. The summed E-state index contributed by atoms with van der Waals surface area (Å²) in [6.45, 7) is 3.92. The van der Waals surface area contributed by atoms with E-state index in [4.69, 9.17) is 0 Å². The number of hydrogen-bond acceptors (Lipinski definition) is 3. The van der Waals surface area contributed by atoms with Crippen molar-refractivity contribution in [2.24, 2.45) is 5.92 Å². The minimum Gasteiger partial charge on any atom is -0.406 e. The maximum atomic E-state index is 12.2. The predicted octanol–water partition coefficient (Wildman–Crippen LogP) is 3.79. The van der Waals surface area contributed by atoms with Gasteiger partial charge in [-0.25, -0.2) is 0 Å². The minimum atomic E-state index is -4.63. The van der Waals surface area contributed by atoms with Crippen LogP contribution in [0, 0.1) is 5.92 Å². The van der Waals surface area contributed by atoms with Crippen LogP contribution in [0.15, 0.2) is 24.3 Å². The Labute approximate surface area is 146 Å². The van der Waals surface area contributed by atoms with Crippen molar-refractivity contribution in [3.8, 4) is 5.75 Å². The SMILES string of the molecule is Cl.Cl.FC(F)(F)Oc1ccc([C@@H](C2CC2)N2CCNCC2)cc1. The Balaban J connectivity index is 0.00000132. The number of nitrogens with zero attached hydrogens (tertiary/aromatic N) is 1. The second-order valence-corrected chi connectivity index (χ2v) is 5.69. The van der Waals surface area contributed by atoms with Crippen LogP contribution in [0.5, 0.6) is 5.75 Å². The van der Waals surface area contributed by atoms with E-state index in [1.807, 2.05) is 0 Å². The Kier molecular flexibility index (Phi) is 7.45. The molecular weight excluding hydrogens is 352 g/mol. The second kappa shape index (κ2) is 8.42. The Morgan fingerprint density at radius 2 is 1.61 bits per heavy atom. The van der Waals surface area contributed by atoms with Crippen molar-refractivity contribution in [3.63, 3.8) is 0 Å². The topological polar surface area (TPSA) is 24.5 Å². The maximum absolute atomic E-state index is 12.2. The Bertz CT molecular complexity index is 475. The van der Waals surface area contributed by atoms with Crippen molar-refractivity contribution < 1.29 is 17.9 Å². The van der Waals surface area contributed by atoms with E-state index >= 15 is 0 Å². The van der Waals surface area contributed by atoms with Gasteiger partial charge in [-0.05, 0) is 36.5 Å². The molecule has 8 heteroatoms. The lowest BCUT2D eigenvalue weighted by Gasteiger charge is -2.35. The lowest BCUT2D eigenvalue weighted by atomic mass is 9.99. The molecule has 1 saturated heterocycles. The van der Waals surface area contributed by atoms with E-state index in [1.165, 1.54) is 25.0 Å². The molecule has 132 valence electrons. The van der Waals surface area contributed by atoms with E-state index in [-0.39, 0.29) is 30.6 Å². The second-order valence-electron chi connectivity index (χ2n) is 5.69. The molecule has 0 aromatic heterocycles. The molecule has 0 bridgehead atoms. The van der Waals surface area contributed by atoms with E-state index in [9.17, 15) is 13.2 Å². The van der Waals surface area contributed by atoms with Crippen LogP contribution in [0.1, 0.15) is 24.4 Å². The molecule has 2 aliphatic rings. The van der Waals surface area contributed by atoms with Gasteiger partial charge in [0.05, 0.1) is 0 Å². The van der Waals surface area contributed by atoms with E-state index < -0.39 is 6.36 Å². The fraction of sp³-hybridized carbons (Fsp3) is 0.600. The van der Waals surface area contributed by atoms with Gasteiger partial charge in [0.1, 0.15) is 5.75 Å². The minimum absolute atomic E-state index is 0. The van der Waals surface area contributed by atoms with Crippen molar-refractivity contribution in [1.82, 2.24) is 10.2 Å². The molecule has 3 rings (SSSR count). The summed E-state index contributed by atoms with van der Waals surface area (Å²) < 4.78 is 40.5. The van der Waals surface area contributed by atoms with Crippen LogP contribution in [0.4, 0.5) is 13.2 Å². The monoisotopic (exact) mass is 372 g/mol. The first-order chi connectivity index (χ1) is 10.0. The van der Waals surface area contributed by atoms with Crippen molar-refractivity contribution in [2.45, 2.75) is 25.2 Å². The zero-order chi connectivity index (χ0) is 14.9. The molecule has 3 nitrogen and oxygen atoms in total. The molecule has 1 aromatic rings. The summed E-state index contributed by atoms with van der Waals surface area (Å²) in [7, 11) is 0. The molecule has 1 aromatic carbocycles. The highest BCUT2D eigenvalue weighted by Crippen LogP contribution is 2.44. The lowest BCUT2D eigenvalue weighted by Crippen LogP contribution is -2.45. The highest BCUT2D eigenvalue weighted by atomic mass is 35.5. The van der Waals surface area contributed by atoms with E-state index in [2.05, 4.69) is 15.0 Å². The molecule has 1 aliphatic heterocycles. The number of rotatable bonds is 4. The first-order valence-corrected chi connectivity index (χ1v) is 7.33. The molecule has 1 aliphatic carbocycles. The summed E-state index contributed by atoms with van der Waals surface area (Å²) in [5.74, 6) is 0.485. The predicted molar refractivity (Wildman–Crippen MR) is 87.5 cm³/mol. The van der Waals surface area contributed by atoms with Gasteiger partial charge in [-0.15, -0.1) is 38.0 Å². The number of piperazine rings is 1. The number of hydrogen-bond donors (Lipinski definition) is 1. The average Bonchev–Trinajstić information content (AvgIpc) is 3.25. The molecule has 0 unspecified atom stereocenters. The van der Waals surface area contributed by atoms with Crippen LogP contribution in [-0.4, -0.2) is 37.4 Å². The average molecular weight is 373 g/mol. The van der Waals surface area contributed by atoms with Gasteiger partial charge in [-0.2, -0.15) is 0 Å². The van der Waals surface area contributed by atoms with E-state index in [1.54, 1.807) is 12.1 Å². The van der Waals surface area contributed by atoms with Crippen LogP contribution in [-0.2, 0) is 0 Å². The molecular formula is C15H21Cl2F3N2O. The van der Waals surface area contributed by atoms with Crippen molar-refractivity contribution >= 4 is 24.8 Å². The normalized spacial score (nSPS) is 20.1. The Hall–Kier alpha value is -0.690. The van der Waals surface area contributed by atoms with Gasteiger partial charge in [0.15, 0.2) is 0 Å². The van der Waals surface area contributed by atoms with E-state index in [0.717, 1.165) is 31.7 Å². The van der Waals surface area contributed by atoms with Gasteiger partial charge in [0.25, 0.3) is 0 Å². The molecule has 0 radical (unpaired) electrons. The fourth-order valence-electron chi connectivity index (χ4n) is 3.02. The van der Waals surface area contributed by atoms with Gasteiger partial charge in [-0.3, -0.25) is 4.90 Å². The third kappa shape index (κ3) is 5.71. The van der Waals surface area contributed by atoms with Crippen LogP contribution < -0.4 is 10.1 Å². The summed E-state index contributed by atoms with van der Waals surface area (Å²) >= 11 is 0. The van der Waals surface area contributed by atoms with E-state index in [0.29, 0.717) is 12.0 Å². The van der Waals surface area contributed by atoms with Gasteiger partial charge in [-0.1, -0.05) is 12.1 Å². The third-order valence-electron chi connectivity index (χ3n) is 4.07. The summed E-state index contributed by atoms with van der Waals surface area (Å²) in [6.07, 6.45) is -2.22. The molecule has 23 heavy (non-hydrogen) atoms.